The summed E-state index contributed by atoms with van der Waals surface area (Å²) in [5, 5.41) is 0. The molecule has 0 aromatic carbocycles. The molecule has 9 heavy (non-hydrogen) atoms. The van der Waals surface area contributed by atoms with Crippen LogP contribution in [0.2, 0.25) is 0 Å². The average molecular weight is 134 g/mol. The summed E-state index contributed by atoms with van der Waals surface area (Å²) in [5.74, 6) is 0.130. The minimum Gasteiger partial charge on any atom is -0.382 e. The van der Waals surface area contributed by atoms with E-state index in [-0.39, 0.29) is 12.5 Å². The molecule has 1 nitrogen and oxygen atoms in total. The van der Waals surface area contributed by atoms with Gasteiger partial charge in [-0.25, -0.2) is 4.39 Å². The Kier molecular flexibility index (Phi) is 4.68. The summed E-state index contributed by atoms with van der Waals surface area (Å²) in [6, 6.07) is 0. The first kappa shape index (κ1) is 8.89. The topological polar surface area (TPSA) is 9.23 Å². The lowest BCUT2D eigenvalue weighted by atomic mass is 10.0. The van der Waals surface area contributed by atoms with Crippen molar-refractivity contribution in [3.8, 4) is 0 Å². The predicted octanol–water partition coefficient (Wildman–Crippen LogP) is 2.02. The number of hydrogen-bond acceptors (Lipinski definition) is 1. The third-order valence-electron chi connectivity index (χ3n) is 1.59. The number of rotatable bonds is 4. The Labute approximate surface area is 56.2 Å². The molecule has 0 rings (SSSR count). The van der Waals surface area contributed by atoms with Gasteiger partial charge in [0.1, 0.15) is 6.17 Å². The van der Waals surface area contributed by atoms with E-state index in [4.69, 9.17) is 0 Å². The Morgan fingerprint density at radius 2 is 2.11 bits per heavy atom. The summed E-state index contributed by atoms with van der Waals surface area (Å²) < 4.78 is 17.3. The maximum atomic E-state index is 12.7. The molecule has 2 unspecified atom stereocenters. The summed E-state index contributed by atoms with van der Waals surface area (Å²) >= 11 is 0. The number of ether oxygens (including phenoxy) is 1. The fourth-order valence-corrected chi connectivity index (χ4v) is 0.579. The second kappa shape index (κ2) is 4.74. The van der Waals surface area contributed by atoms with Crippen molar-refractivity contribution in [2.24, 2.45) is 5.92 Å². The minimum absolute atomic E-state index is 0.130. The van der Waals surface area contributed by atoms with Gasteiger partial charge in [0.2, 0.25) is 0 Å². The van der Waals surface area contributed by atoms with Crippen LogP contribution < -0.4 is 0 Å². The number of alkyl halides is 1. The van der Waals surface area contributed by atoms with Crippen molar-refractivity contribution in [1.29, 1.82) is 0 Å². The largest absolute Gasteiger partial charge is 0.382 e. The Hall–Kier alpha value is -0.110. The van der Waals surface area contributed by atoms with E-state index >= 15 is 0 Å². The van der Waals surface area contributed by atoms with Gasteiger partial charge in [-0.05, 0) is 5.92 Å². The van der Waals surface area contributed by atoms with Crippen molar-refractivity contribution >= 4 is 0 Å². The lowest BCUT2D eigenvalue weighted by Crippen LogP contribution is -2.17. The molecule has 0 aliphatic rings. The van der Waals surface area contributed by atoms with Crippen molar-refractivity contribution in [1.82, 2.24) is 0 Å². The average Bonchev–Trinajstić information content (AvgIpc) is 1.87. The van der Waals surface area contributed by atoms with Crippen molar-refractivity contribution in [3.05, 3.63) is 0 Å². The zero-order chi connectivity index (χ0) is 7.28. The third kappa shape index (κ3) is 3.46. The summed E-state index contributed by atoms with van der Waals surface area (Å²) in [7, 11) is 1.52. The molecule has 56 valence electrons. The van der Waals surface area contributed by atoms with E-state index in [1.54, 1.807) is 0 Å². The SMILES string of the molecule is CCC(C)C(F)COC. The van der Waals surface area contributed by atoms with Gasteiger partial charge in [-0.1, -0.05) is 20.3 Å². The predicted molar refractivity (Wildman–Crippen MR) is 36.2 cm³/mol. The van der Waals surface area contributed by atoms with E-state index in [9.17, 15) is 4.39 Å². The standard InChI is InChI=1S/C7H15FO/c1-4-6(2)7(8)5-9-3/h6-7H,4-5H2,1-3H3. The van der Waals surface area contributed by atoms with Crippen LogP contribution in [0.25, 0.3) is 0 Å². The van der Waals surface area contributed by atoms with Crippen LogP contribution in [0.4, 0.5) is 4.39 Å². The number of halogens is 1. The van der Waals surface area contributed by atoms with E-state index in [0.717, 1.165) is 6.42 Å². The normalized spacial score (nSPS) is 17.3. The molecule has 0 saturated carbocycles. The molecule has 0 amide bonds. The van der Waals surface area contributed by atoms with Crippen molar-refractivity contribution in [3.63, 3.8) is 0 Å². The first-order valence-electron chi connectivity index (χ1n) is 3.35. The van der Waals surface area contributed by atoms with Crippen LogP contribution in [-0.2, 0) is 4.74 Å². The maximum absolute atomic E-state index is 12.7. The van der Waals surface area contributed by atoms with Crippen LogP contribution in [0, 0.1) is 5.92 Å². The Bertz CT molecular complexity index is 65.9. The second-order valence-corrected chi connectivity index (χ2v) is 2.36. The van der Waals surface area contributed by atoms with E-state index in [0.29, 0.717) is 0 Å². The summed E-state index contributed by atoms with van der Waals surface area (Å²) in [6.45, 7) is 4.10. The summed E-state index contributed by atoms with van der Waals surface area (Å²) in [5.41, 5.74) is 0. The quantitative estimate of drug-likeness (QED) is 0.571. The van der Waals surface area contributed by atoms with E-state index in [1.807, 2.05) is 13.8 Å². The molecule has 0 saturated heterocycles. The van der Waals surface area contributed by atoms with Crippen LogP contribution in [0.3, 0.4) is 0 Å². The Morgan fingerprint density at radius 1 is 1.56 bits per heavy atom. The highest BCUT2D eigenvalue weighted by Gasteiger charge is 2.12. The number of hydrogen-bond donors (Lipinski definition) is 0. The smallest absolute Gasteiger partial charge is 0.126 e. The first-order valence-corrected chi connectivity index (χ1v) is 3.35. The molecule has 0 aliphatic heterocycles. The van der Waals surface area contributed by atoms with Gasteiger partial charge in [-0.2, -0.15) is 0 Å². The molecule has 0 spiro atoms. The number of methoxy groups -OCH3 is 1. The maximum Gasteiger partial charge on any atom is 0.126 e. The highest BCUT2D eigenvalue weighted by Crippen LogP contribution is 2.10. The third-order valence-corrected chi connectivity index (χ3v) is 1.59. The fraction of sp³-hybridized carbons (Fsp3) is 1.00. The zero-order valence-electron chi connectivity index (χ0n) is 6.36. The lowest BCUT2D eigenvalue weighted by Gasteiger charge is -2.12. The zero-order valence-corrected chi connectivity index (χ0v) is 6.36. The first-order chi connectivity index (χ1) is 4.22. The monoisotopic (exact) mass is 134 g/mol. The Morgan fingerprint density at radius 3 is 2.44 bits per heavy atom. The molecule has 0 aromatic heterocycles. The van der Waals surface area contributed by atoms with E-state index < -0.39 is 6.17 Å². The molecular formula is C7H15FO. The van der Waals surface area contributed by atoms with Gasteiger partial charge in [-0.3, -0.25) is 0 Å². The second-order valence-electron chi connectivity index (χ2n) is 2.36. The van der Waals surface area contributed by atoms with Gasteiger partial charge in [0, 0.05) is 7.11 Å². The molecule has 2 heteroatoms. The highest BCUT2D eigenvalue weighted by atomic mass is 19.1. The van der Waals surface area contributed by atoms with Crippen LogP contribution in [-0.4, -0.2) is 19.9 Å². The van der Waals surface area contributed by atoms with Crippen LogP contribution >= 0.6 is 0 Å². The molecule has 2 atom stereocenters. The lowest BCUT2D eigenvalue weighted by molar-refractivity contribution is 0.0915. The molecule has 0 aliphatic carbocycles. The molecule has 0 radical (unpaired) electrons. The Balaban J connectivity index is 3.32. The van der Waals surface area contributed by atoms with Crippen LogP contribution in [0.1, 0.15) is 20.3 Å². The summed E-state index contributed by atoms with van der Waals surface area (Å²) in [4.78, 5) is 0. The van der Waals surface area contributed by atoms with Gasteiger partial charge >= 0.3 is 0 Å². The molecule has 0 aromatic rings. The molecule has 0 bridgehead atoms. The molecule has 0 fully saturated rings. The van der Waals surface area contributed by atoms with Crippen LogP contribution in [0.5, 0.6) is 0 Å². The summed E-state index contributed by atoms with van der Waals surface area (Å²) in [6.07, 6.45) is 0.0878. The van der Waals surface area contributed by atoms with Gasteiger partial charge in [0.25, 0.3) is 0 Å². The van der Waals surface area contributed by atoms with E-state index in [2.05, 4.69) is 4.74 Å². The molecule has 0 heterocycles. The van der Waals surface area contributed by atoms with Gasteiger partial charge in [-0.15, -0.1) is 0 Å². The van der Waals surface area contributed by atoms with Crippen molar-refractivity contribution < 1.29 is 9.13 Å². The fourth-order valence-electron chi connectivity index (χ4n) is 0.579. The minimum atomic E-state index is -0.792. The molecule has 0 N–H and O–H groups in total. The van der Waals surface area contributed by atoms with Crippen molar-refractivity contribution in [2.45, 2.75) is 26.4 Å². The molecular weight excluding hydrogens is 119 g/mol. The highest BCUT2D eigenvalue weighted by molar-refractivity contribution is 4.61. The van der Waals surface area contributed by atoms with Gasteiger partial charge in [0.05, 0.1) is 6.61 Å². The van der Waals surface area contributed by atoms with Crippen molar-refractivity contribution in [2.75, 3.05) is 13.7 Å². The van der Waals surface area contributed by atoms with Gasteiger partial charge < -0.3 is 4.74 Å². The van der Waals surface area contributed by atoms with Gasteiger partial charge in [0.15, 0.2) is 0 Å². The van der Waals surface area contributed by atoms with Crippen LogP contribution in [0.15, 0.2) is 0 Å². The van der Waals surface area contributed by atoms with E-state index in [1.165, 1.54) is 7.11 Å².